The summed E-state index contributed by atoms with van der Waals surface area (Å²) in [6.07, 6.45) is -0.950. The normalized spacial score (nSPS) is 12.3. The Balaban J connectivity index is 1.82. The molecule has 10 nitrogen and oxygen atoms in total. The summed E-state index contributed by atoms with van der Waals surface area (Å²) < 4.78 is 14.2. The van der Waals surface area contributed by atoms with Crippen molar-refractivity contribution in [1.82, 2.24) is 18.7 Å². The summed E-state index contributed by atoms with van der Waals surface area (Å²) in [5, 5.41) is 10.3. The average molecular weight is 375 g/mol. The summed E-state index contributed by atoms with van der Waals surface area (Å²) in [7, 11) is 4.45. The molecule has 3 rings (SSSR count). The van der Waals surface area contributed by atoms with Crippen LogP contribution in [0.25, 0.3) is 11.2 Å². The maximum Gasteiger partial charge on any atom is 0.332 e. The number of nitrogens with zero attached hydrogens (tertiary/aromatic N) is 4. The number of nitrogen functional groups attached to an aromatic ring is 1. The van der Waals surface area contributed by atoms with E-state index in [0.29, 0.717) is 11.5 Å². The Kier molecular flexibility index (Phi) is 4.91. The second-order valence-electron chi connectivity index (χ2n) is 6.10. The minimum Gasteiger partial charge on any atom is -0.497 e. The fraction of sp³-hybridized carbons (Fsp3) is 0.353. The molecule has 144 valence electrons. The molecule has 1 atom stereocenters. The summed E-state index contributed by atoms with van der Waals surface area (Å²) in [5.74, 6) is 1.30. The second-order valence-corrected chi connectivity index (χ2v) is 6.10. The highest BCUT2D eigenvalue weighted by molar-refractivity contribution is 5.73. The zero-order valence-corrected chi connectivity index (χ0v) is 15.2. The summed E-state index contributed by atoms with van der Waals surface area (Å²) >= 11 is 0. The molecule has 0 aliphatic rings. The molecule has 3 N–H and O–H groups in total. The molecule has 0 aliphatic carbocycles. The second kappa shape index (κ2) is 7.16. The number of hydrogen-bond acceptors (Lipinski definition) is 7. The van der Waals surface area contributed by atoms with Gasteiger partial charge in [0.25, 0.3) is 5.56 Å². The van der Waals surface area contributed by atoms with Gasteiger partial charge in [-0.05, 0) is 24.3 Å². The van der Waals surface area contributed by atoms with Gasteiger partial charge in [0.1, 0.15) is 24.2 Å². The van der Waals surface area contributed by atoms with Crippen molar-refractivity contribution in [2.75, 3.05) is 19.5 Å². The van der Waals surface area contributed by atoms with Crippen LogP contribution >= 0.6 is 0 Å². The molecule has 0 spiro atoms. The van der Waals surface area contributed by atoms with E-state index in [0.717, 1.165) is 4.57 Å². The maximum atomic E-state index is 12.5. The van der Waals surface area contributed by atoms with E-state index in [1.54, 1.807) is 31.4 Å². The van der Waals surface area contributed by atoms with Gasteiger partial charge in [-0.3, -0.25) is 13.9 Å². The van der Waals surface area contributed by atoms with Crippen LogP contribution in [0.1, 0.15) is 0 Å². The fourth-order valence-corrected chi connectivity index (χ4v) is 2.78. The number of aromatic nitrogens is 4. The van der Waals surface area contributed by atoms with Gasteiger partial charge < -0.3 is 24.9 Å². The molecule has 3 aromatic rings. The van der Waals surface area contributed by atoms with Gasteiger partial charge in [-0.25, -0.2) is 4.79 Å². The number of aliphatic hydroxyl groups is 1. The Hall–Kier alpha value is -3.27. The molecule has 0 amide bonds. The number of methoxy groups -OCH3 is 1. The molecule has 1 aromatic carbocycles. The number of ether oxygens (including phenoxy) is 2. The molecule has 0 saturated heterocycles. The van der Waals surface area contributed by atoms with Gasteiger partial charge >= 0.3 is 5.69 Å². The third-order valence-corrected chi connectivity index (χ3v) is 4.27. The smallest absolute Gasteiger partial charge is 0.332 e. The Labute approximate surface area is 154 Å². The zero-order valence-electron chi connectivity index (χ0n) is 15.2. The van der Waals surface area contributed by atoms with Crippen LogP contribution in [0.5, 0.6) is 11.5 Å². The molecule has 0 unspecified atom stereocenters. The molecule has 0 radical (unpaired) electrons. The zero-order chi connectivity index (χ0) is 19.7. The topological polar surface area (TPSA) is 127 Å². The van der Waals surface area contributed by atoms with Crippen molar-refractivity contribution in [1.29, 1.82) is 0 Å². The van der Waals surface area contributed by atoms with Crippen molar-refractivity contribution < 1.29 is 14.6 Å². The number of anilines is 1. The lowest BCUT2D eigenvalue weighted by Crippen LogP contribution is -2.38. The quantitative estimate of drug-likeness (QED) is 0.593. The van der Waals surface area contributed by atoms with E-state index in [2.05, 4.69) is 4.98 Å². The monoisotopic (exact) mass is 375 g/mol. The molecule has 0 bridgehead atoms. The minimum absolute atomic E-state index is 0.00800. The van der Waals surface area contributed by atoms with Crippen molar-refractivity contribution in [2.45, 2.75) is 12.6 Å². The number of aryl methyl sites for hydroxylation is 1. The Morgan fingerprint density at radius 2 is 1.78 bits per heavy atom. The highest BCUT2D eigenvalue weighted by Crippen LogP contribution is 2.18. The van der Waals surface area contributed by atoms with Crippen molar-refractivity contribution in [2.24, 2.45) is 14.1 Å². The molecule has 0 aliphatic heterocycles. The molecular formula is C17H21N5O5. The first kappa shape index (κ1) is 18.5. The third kappa shape index (κ3) is 3.38. The van der Waals surface area contributed by atoms with Crippen LogP contribution in [0.3, 0.4) is 0 Å². The van der Waals surface area contributed by atoms with Crippen LogP contribution in [0.15, 0.2) is 33.9 Å². The Morgan fingerprint density at radius 3 is 2.41 bits per heavy atom. The summed E-state index contributed by atoms with van der Waals surface area (Å²) in [6.45, 7) is -0.0244. The van der Waals surface area contributed by atoms with Gasteiger partial charge in [-0.1, -0.05) is 0 Å². The maximum absolute atomic E-state index is 12.5. The fourth-order valence-electron chi connectivity index (χ4n) is 2.78. The number of aliphatic hydroxyl groups excluding tert-OH is 1. The number of hydrogen-bond donors (Lipinski definition) is 2. The van der Waals surface area contributed by atoms with E-state index in [1.807, 2.05) is 0 Å². The molecule has 0 fully saturated rings. The molecule has 2 heterocycles. The molecule has 10 heteroatoms. The van der Waals surface area contributed by atoms with Gasteiger partial charge in [-0.2, -0.15) is 4.98 Å². The first-order valence-electron chi connectivity index (χ1n) is 8.20. The molecular weight excluding hydrogens is 354 g/mol. The first-order chi connectivity index (χ1) is 12.8. The van der Waals surface area contributed by atoms with Crippen molar-refractivity contribution >= 4 is 17.1 Å². The van der Waals surface area contributed by atoms with E-state index in [1.165, 1.54) is 23.2 Å². The Bertz CT molecular complexity index is 1080. The lowest BCUT2D eigenvalue weighted by molar-refractivity contribution is 0.0938. The van der Waals surface area contributed by atoms with Crippen LogP contribution in [-0.2, 0) is 20.6 Å². The van der Waals surface area contributed by atoms with Crippen LogP contribution in [0.4, 0.5) is 5.95 Å². The first-order valence-corrected chi connectivity index (χ1v) is 8.20. The van der Waals surface area contributed by atoms with Gasteiger partial charge in [0.15, 0.2) is 11.2 Å². The number of nitrogens with two attached hydrogens (primary N) is 1. The summed E-state index contributed by atoms with van der Waals surface area (Å²) in [5.41, 5.74) is 5.20. The van der Waals surface area contributed by atoms with Gasteiger partial charge in [0.05, 0.1) is 13.7 Å². The van der Waals surface area contributed by atoms with E-state index < -0.39 is 17.4 Å². The molecule has 2 aromatic heterocycles. The highest BCUT2D eigenvalue weighted by Gasteiger charge is 2.19. The average Bonchev–Trinajstić information content (AvgIpc) is 2.99. The van der Waals surface area contributed by atoms with Gasteiger partial charge in [-0.15, -0.1) is 0 Å². The van der Waals surface area contributed by atoms with Gasteiger partial charge in [0.2, 0.25) is 5.95 Å². The SMILES string of the molecule is COc1ccc(OC[C@H](O)Cn2c(N)nc3c2c(=O)n(C)c(=O)n3C)cc1. The lowest BCUT2D eigenvalue weighted by atomic mass is 10.3. The van der Waals surface area contributed by atoms with Crippen molar-refractivity contribution in [3.63, 3.8) is 0 Å². The number of rotatable bonds is 6. The lowest BCUT2D eigenvalue weighted by Gasteiger charge is -2.14. The summed E-state index contributed by atoms with van der Waals surface area (Å²) in [6, 6.07) is 6.93. The predicted octanol–water partition coefficient (Wildman–Crippen LogP) is -0.536. The van der Waals surface area contributed by atoms with E-state index in [-0.39, 0.29) is 30.3 Å². The van der Waals surface area contributed by atoms with Gasteiger partial charge in [0, 0.05) is 14.1 Å². The number of imidazole rings is 1. The number of benzene rings is 1. The highest BCUT2D eigenvalue weighted by atomic mass is 16.5. The van der Waals surface area contributed by atoms with Crippen molar-refractivity contribution in [3.05, 3.63) is 45.1 Å². The number of fused-ring (bicyclic) bond motifs is 1. The Morgan fingerprint density at radius 1 is 1.15 bits per heavy atom. The van der Waals surface area contributed by atoms with Crippen LogP contribution < -0.4 is 26.5 Å². The van der Waals surface area contributed by atoms with E-state index >= 15 is 0 Å². The standard InChI is InChI=1S/C17H21N5O5/c1-20-14-13(15(24)21(2)17(20)25)22(16(18)19-14)8-10(23)9-27-12-6-4-11(26-3)5-7-12/h4-7,10,23H,8-9H2,1-3H3,(H2,18,19)/t10-/m1/s1. The van der Waals surface area contributed by atoms with Crippen LogP contribution in [0.2, 0.25) is 0 Å². The summed E-state index contributed by atoms with van der Waals surface area (Å²) in [4.78, 5) is 28.6. The molecule has 0 saturated carbocycles. The van der Waals surface area contributed by atoms with E-state index in [9.17, 15) is 14.7 Å². The van der Waals surface area contributed by atoms with E-state index in [4.69, 9.17) is 15.2 Å². The largest absolute Gasteiger partial charge is 0.497 e. The van der Waals surface area contributed by atoms with Crippen LogP contribution in [0, 0.1) is 0 Å². The third-order valence-electron chi connectivity index (χ3n) is 4.27. The van der Waals surface area contributed by atoms with Crippen LogP contribution in [-0.4, -0.2) is 43.6 Å². The van der Waals surface area contributed by atoms with Crippen molar-refractivity contribution in [3.8, 4) is 11.5 Å². The molecule has 27 heavy (non-hydrogen) atoms. The predicted molar refractivity (Wildman–Crippen MR) is 99.1 cm³/mol. The minimum atomic E-state index is -0.950.